The van der Waals surface area contributed by atoms with Crippen LogP contribution in [0.1, 0.15) is 22.3 Å². The van der Waals surface area contributed by atoms with E-state index in [1.165, 1.54) is 0 Å². The first-order valence-corrected chi connectivity index (χ1v) is 6.95. The largest absolute Gasteiger partial charge is 0.496 e. The Morgan fingerprint density at radius 2 is 1.90 bits per heavy atom. The van der Waals surface area contributed by atoms with E-state index < -0.39 is 0 Å². The van der Waals surface area contributed by atoms with Crippen molar-refractivity contribution in [2.45, 2.75) is 13.3 Å². The number of likely N-dealkylation sites (N-methyl/N-ethyl adjacent to an activating group) is 1. The Labute approximate surface area is 122 Å². The van der Waals surface area contributed by atoms with Gasteiger partial charge in [0.25, 0.3) is 0 Å². The number of ketones is 1. The van der Waals surface area contributed by atoms with Gasteiger partial charge in [0.15, 0.2) is 5.78 Å². The lowest BCUT2D eigenvalue weighted by atomic mass is 10.1. The van der Waals surface area contributed by atoms with E-state index in [4.69, 9.17) is 4.74 Å². The Balaban J connectivity index is 2.58. The molecule has 0 heterocycles. The molecule has 0 radical (unpaired) electrons. The van der Waals surface area contributed by atoms with E-state index in [1.54, 1.807) is 7.11 Å². The molecule has 0 bridgehead atoms. The summed E-state index contributed by atoms with van der Waals surface area (Å²) in [7, 11) is 7.70. The lowest BCUT2D eigenvalue weighted by Crippen LogP contribution is -2.29. The van der Waals surface area contributed by atoms with Crippen molar-refractivity contribution in [3.8, 4) is 5.75 Å². The molecular weight excluding hydrogens is 252 g/mol. The Morgan fingerprint density at radius 1 is 1.20 bits per heavy atom. The minimum atomic E-state index is 0.106. The highest BCUT2D eigenvalue weighted by Crippen LogP contribution is 2.20. The number of methoxy groups -OCH3 is 1. The van der Waals surface area contributed by atoms with E-state index in [9.17, 15) is 4.79 Å². The fraction of sp³-hybridized carbons (Fsp3) is 0.562. The van der Waals surface area contributed by atoms with Crippen molar-refractivity contribution < 1.29 is 9.53 Å². The molecule has 0 fully saturated rings. The molecule has 0 amide bonds. The van der Waals surface area contributed by atoms with Crippen LogP contribution in [0.25, 0.3) is 0 Å². The molecule has 1 aromatic rings. The number of ether oxygens (including phenoxy) is 1. The van der Waals surface area contributed by atoms with Crippen LogP contribution in [0, 0.1) is 6.92 Å². The third-order valence-corrected chi connectivity index (χ3v) is 3.22. The molecule has 0 saturated heterocycles. The number of hydrogen-bond donors (Lipinski definition) is 0. The van der Waals surface area contributed by atoms with Crippen LogP contribution in [0.3, 0.4) is 0 Å². The second-order valence-electron chi connectivity index (χ2n) is 5.52. The van der Waals surface area contributed by atoms with Crippen molar-refractivity contribution in [1.82, 2.24) is 9.80 Å². The second kappa shape index (κ2) is 8.02. The summed E-state index contributed by atoms with van der Waals surface area (Å²) >= 11 is 0. The summed E-state index contributed by atoms with van der Waals surface area (Å²) in [5.41, 5.74) is 1.76. The molecule has 0 atom stereocenters. The number of carbonyl (C=O) groups is 1. The van der Waals surface area contributed by atoms with Gasteiger partial charge in [0.05, 0.1) is 19.2 Å². The third kappa shape index (κ3) is 5.31. The summed E-state index contributed by atoms with van der Waals surface area (Å²) in [6.07, 6.45) is 1.06. The summed E-state index contributed by atoms with van der Waals surface area (Å²) in [6, 6.07) is 5.70. The van der Waals surface area contributed by atoms with Crippen molar-refractivity contribution in [2.75, 3.05) is 47.9 Å². The minimum absolute atomic E-state index is 0.106. The maximum Gasteiger partial charge on any atom is 0.180 e. The van der Waals surface area contributed by atoms with Crippen LogP contribution in [-0.2, 0) is 0 Å². The van der Waals surface area contributed by atoms with Crippen molar-refractivity contribution >= 4 is 5.78 Å². The van der Waals surface area contributed by atoms with Gasteiger partial charge in [-0.2, -0.15) is 0 Å². The molecule has 1 aromatic carbocycles. The van der Waals surface area contributed by atoms with Crippen LogP contribution in [0.15, 0.2) is 18.2 Å². The highest BCUT2D eigenvalue weighted by atomic mass is 16.5. The van der Waals surface area contributed by atoms with Crippen LogP contribution in [0.4, 0.5) is 0 Å². The summed E-state index contributed by atoms with van der Waals surface area (Å²) in [6.45, 7) is 4.36. The Morgan fingerprint density at radius 3 is 2.50 bits per heavy atom. The predicted octanol–water partition coefficient (Wildman–Crippen LogP) is 2.07. The van der Waals surface area contributed by atoms with E-state index in [0.717, 1.165) is 25.1 Å². The number of aryl methyl sites for hydroxylation is 1. The number of Topliss-reactive ketones (excluding diaryl/α,β-unsaturated/α-hetero) is 1. The number of hydrogen-bond acceptors (Lipinski definition) is 4. The number of benzene rings is 1. The van der Waals surface area contributed by atoms with Crippen LogP contribution in [-0.4, -0.2) is 63.5 Å². The zero-order valence-electron chi connectivity index (χ0n) is 13.3. The third-order valence-electron chi connectivity index (χ3n) is 3.22. The van der Waals surface area contributed by atoms with Crippen LogP contribution in [0.2, 0.25) is 0 Å². The first-order valence-electron chi connectivity index (χ1n) is 6.95. The molecule has 4 heteroatoms. The van der Waals surface area contributed by atoms with Gasteiger partial charge in [-0.1, -0.05) is 6.07 Å². The monoisotopic (exact) mass is 278 g/mol. The van der Waals surface area contributed by atoms with Gasteiger partial charge in [0, 0.05) is 0 Å². The molecular formula is C16H26N2O2. The Hall–Kier alpha value is -1.39. The fourth-order valence-electron chi connectivity index (χ4n) is 2.10. The summed E-state index contributed by atoms with van der Waals surface area (Å²) < 4.78 is 5.30. The number of rotatable bonds is 8. The molecule has 0 saturated carbocycles. The smallest absolute Gasteiger partial charge is 0.180 e. The van der Waals surface area contributed by atoms with Gasteiger partial charge in [-0.15, -0.1) is 0 Å². The average molecular weight is 278 g/mol. The quantitative estimate of drug-likeness (QED) is 0.682. The van der Waals surface area contributed by atoms with Crippen LogP contribution in [0.5, 0.6) is 5.75 Å². The summed E-state index contributed by atoms with van der Waals surface area (Å²) in [4.78, 5) is 16.5. The minimum Gasteiger partial charge on any atom is -0.496 e. The zero-order valence-corrected chi connectivity index (χ0v) is 13.3. The van der Waals surface area contributed by atoms with Crippen molar-refractivity contribution in [3.05, 3.63) is 29.3 Å². The second-order valence-corrected chi connectivity index (χ2v) is 5.52. The van der Waals surface area contributed by atoms with Gasteiger partial charge in [0.1, 0.15) is 5.75 Å². The zero-order chi connectivity index (χ0) is 15.1. The van der Waals surface area contributed by atoms with Crippen LogP contribution < -0.4 is 4.74 Å². The highest BCUT2D eigenvalue weighted by Gasteiger charge is 2.14. The molecule has 4 nitrogen and oxygen atoms in total. The number of carbonyl (C=O) groups excluding carboxylic acids is 1. The van der Waals surface area contributed by atoms with E-state index in [1.807, 2.05) is 32.2 Å². The summed E-state index contributed by atoms with van der Waals surface area (Å²) in [5, 5.41) is 0. The van der Waals surface area contributed by atoms with Gasteiger partial charge in [0.2, 0.25) is 0 Å². The Bertz CT molecular complexity index is 444. The molecule has 0 aliphatic carbocycles. The first kappa shape index (κ1) is 16.7. The number of nitrogens with zero attached hydrogens (tertiary/aromatic N) is 2. The predicted molar refractivity (Wildman–Crippen MR) is 82.7 cm³/mol. The normalized spacial score (nSPS) is 11.2. The molecule has 0 aliphatic rings. The van der Waals surface area contributed by atoms with E-state index in [-0.39, 0.29) is 5.78 Å². The summed E-state index contributed by atoms with van der Waals surface area (Å²) in [5.74, 6) is 0.769. The van der Waals surface area contributed by atoms with Crippen LogP contribution >= 0.6 is 0 Å². The van der Waals surface area contributed by atoms with Crippen molar-refractivity contribution in [2.24, 2.45) is 0 Å². The topological polar surface area (TPSA) is 32.8 Å². The Kier molecular flexibility index (Phi) is 6.68. The van der Waals surface area contributed by atoms with E-state index >= 15 is 0 Å². The molecule has 0 aliphatic heterocycles. The van der Waals surface area contributed by atoms with E-state index in [0.29, 0.717) is 17.9 Å². The maximum atomic E-state index is 12.3. The van der Waals surface area contributed by atoms with Gasteiger partial charge in [-0.05, 0) is 65.3 Å². The lowest BCUT2D eigenvalue weighted by Gasteiger charge is -2.18. The first-order chi connectivity index (χ1) is 9.43. The van der Waals surface area contributed by atoms with Gasteiger partial charge < -0.3 is 9.64 Å². The maximum absolute atomic E-state index is 12.3. The van der Waals surface area contributed by atoms with Gasteiger partial charge in [-0.3, -0.25) is 9.69 Å². The molecule has 0 N–H and O–H groups in total. The molecule has 0 aromatic heterocycles. The average Bonchev–Trinajstić information content (AvgIpc) is 2.37. The molecule has 112 valence electrons. The van der Waals surface area contributed by atoms with Gasteiger partial charge >= 0.3 is 0 Å². The fourth-order valence-corrected chi connectivity index (χ4v) is 2.10. The molecule has 0 spiro atoms. The van der Waals surface area contributed by atoms with Crippen molar-refractivity contribution in [1.29, 1.82) is 0 Å². The molecule has 20 heavy (non-hydrogen) atoms. The highest BCUT2D eigenvalue weighted by molar-refractivity contribution is 6.00. The molecule has 0 unspecified atom stereocenters. The van der Waals surface area contributed by atoms with Crippen molar-refractivity contribution in [3.63, 3.8) is 0 Å². The SMILES string of the molecule is COc1cc(C)ccc1C(=O)CN(C)CCCN(C)C. The lowest BCUT2D eigenvalue weighted by molar-refractivity contribution is 0.0941. The van der Waals surface area contributed by atoms with Gasteiger partial charge in [-0.25, -0.2) is 0 Å². The molecule has 1 rings (SSSR count). The standard InChI is InChI=1S/C16H26N2O2/c1-13-7-8-14(16(11-13)20-5)15(19)12-18(4)10-6-9-17(2)3/h7-8,11H,6,9-10,12H2,1-5H3. The van der Waals surface area contributed by atoms with E-state index in [2.05, 4.69) is 23.9 Å².